The minimum atomic E-state index is -0.281. The molecule has 1 heterocycles. The van der Waals surface area contributed by atoms with Gasteiger partial charge in [-0.2, -0.15) is 0 Å². The van der Waals surface area contributed by atoms with Gasteiger partial charge >= 0.3 is 0 Å². The highest BCUT2D eigenvalue weighted by Gasteiger charge is 2.10. The van der Waals surface area contributed by atoms with Crippen LogP contribution < -0.4 is 15.8 Å². The van der Waals surface area contributed by atoms with Crippen molar-refractivity contribution in [1.82, 2.24) is 4.98 Å². The van der Waals surface area contributed by atoms with E-state index in [-0.39, 0.29) is 5.91 Å². The molecular formula is C12H13N3O2S. The van der Waals surface area contributed by atoms with Gasteiger partial charge in [0, 0.05) is 17.1 Å². The Morgan fingerprint density at radius 3 is 3.06 bits per heavy atom. The summed E-state index contributed by atoms with van der Waals surface area (Å²) in [5.41, 5.74) is 6.46. The van der Waals surface area contributed by atoms with Crippen LogP contribution in [0.25, 0.3) is 0 Å². The van der Waals surface area contributed by atoms with E-state index in [0.717, 1.165) is 0 Å². The lowest BCUT2D eigenvalue weighted by Crippen LogP contribution is -2.12. The van der Waals surface area contributed by atoms with Crippen molar-refractivity contribution in [2.45, 2.75) is 6.92 Å². The standard InChI is InChI=1S/C12H13N3O2S/c1-2-17-9-5-3-4-8(6-9)14-11(16)10-7-18-12(13)15-10/h3-7H,2H2,1H3,(H2,13,15)(H,14,16). The third-order valence-corrected chi connectivity index (χ3v) is 2.83. The zero-order valence-electron chi connectivity index (χ0n) is 9.84. The number of nitrogens with two attached hydrogens (primary N) is 1. The number of anilines is 2. The van der Waals surface area contributed by atoms with Crippen LogP contribution in [0.4, 0.5) is 10.8 Å². The summed E-state index contributed by atoms with van der Waals surface area (Å²) < 4.78 is 5.35. The predicted octanol–water partition coefficient (Wildman–Crippen LogP) is 2.38. The van der Waals surface area contributed by atoms with Crippen LogP contribution in [-0.2, 0) is 0 Å². The Morgan fingerprint density at radius 2 is 2.39 bits per heavy atom. The van der Waals surface area contributed by atoms with Gasteiger partial charge in [0.2, 0.25) is 0 Å². The van der Waals surface area contributed by atoms with E-state index < -0.39 is 0 Å². The second-order valence-electron chi connectivity index (χ2n) is 3.49. The molecule has 0 bridgehead atoms. The van der Waals surface area contributed by atoms with Gasteiger partial charge in [-0.3, -0.25) is 4.79 Å². The monoisotopic (exact) mass is 263 g/mol. The molecule has 1 aromatic heterocycles. The largest absolute Gasteiger partial charge is 0.494 e. The third kappa shape index (κ3) is 2.98. The number of nitrogens with zero attached hydrogens (tertiary/aromatic N) is 1. The maximum Gasteiger partial charge on any atom is 0.275 e. The Hall–Kier alpha value is -2.08. The molecule has 0 radical (unpaired) electrons. The lowest BCUT2D eigenvalue weighted by molar-refractivity contribution is 0.102. The second kappa shape index (κ2) is 5.50. The topological polar surface area (TPSA) is 77.2 Å². The summed E-state index contributed by atoms with van der Waals surface area (Å²) in [5, 5.41) is 4.74. The normalized spacial score (nSPS) is 10.1. The van der Waals surface area contributed by atoms with Gasteiger partial charge in [-0.1, -0.05) is 6.07 Å². The van der Waals surface area contributed by atoms with Crippen molar-refractivity contribution in [3.63, 3.8) is 0 Å². The summed E-state index contributed by atoms with van der Waals surface area (Å²) in [6.45, 7) is 2.49. The lowest BCUT2D eigenvalue weighted by Gasteiger charge is -2.06. The van der Waals surface area contributed by atoms with E-state index in [1.165, 1.54) is 11.3 Å². The number of aromatic nitrogens is 1. The molecule has 0 aliphatic rings. The molecule has 3 N–H and O–H groups in total. The van der Waals surface area contributed by atoms with Crippen molar-refractivity contribution >= 4 is 28.1 Å². The highest BCUT2D eigenvalue weighted by molar-refractivity contribution is 7.13. The molecule has 0 saturated carbocycles. The van der Waals surface area contributed by atoms with Gasteiger partial charge in [0.15, 0.2) is 5.13 Å². The summed E-state index contributed by atoms with van der Waals surface area (Å²) in [7, 11) is 0. The van der Waals surface area contributed by atoms with Gasteiger partial charge in [-0.15, -0.1) is 11.3 Å². The van der Waals surface area contributed by atoms with Crippen LogP contribution >= 0.6 is 11.3 Å². The molecule has 2 rings (SSSR count). The minimum absolute atomic E-state index is 0.281. The minimum Gasteiger partial charge on any atom is -0.494 e. The van der Waals surface area contributed by atoms with Crippen molar-refractivity contribution in [1.29, 1.82) is 0 Å². The number of nitrogens with one attached hydrogen (secondary N) is 1. The smallest absolute Gasteiger partial charge is 0.275 e. The van der Waals surface area contributed by atoms with Gasteiger partial charge in [0.25, 0.3) is 5.91 Å². The number of thiazole rings is 1. The van der Waals surface area contributed by atoms with E-state index in [1.807, 2.05) is 19.1 Å². The molecule has 5 nitrogen and oxygen atoms in total. The molecule has 18 heavy (non-hydrogen) atoms. The molecule has 0 spiro atoms. The van der Waals surface area contributed by atoms with Crippen LogP contribution in [0.15, 0.2) is 29.6 Å². The fourth-order valence-electron chi connectivity index (χ4n) is 1.42. The molecular weight excluding hydrogens is 250 g/mol. The summed E-state index contributed by atoms with van der Waals surface area (Å²) >= 11 is 1.24. The second-order valence-corrected chi connectivity index (χ2v) is 4.38. The van der Waals surface area contributed by atoms with Gasteiger partial charge in [0.05, 0.1) is 6.61 Å². The van der Waals surface area contributed by atoms with Crippen LogP contribution in [0, 0.1) is 0 Å². The average molecular weight is 263 g/mol. The van der Waals surface area contributed by atoms with Crippen LogP contribution in [-0.4, -0.2) is 17.5 Å². The first kappa shape index (κ1) is 12.4. The number of hydrogen-bond donors (Lipinski definition) is 2. The predicted molar refractivity (Wildman–Crippen MR) is 72.1 cm³/mol. The van der Waals surface area contributed by atoms with Crippen molar-refractivity contribution in [3.05, 3.63) is 35.3 Å². The Labute approximate surface area is 109 Å². The van der Waals surface area contributed by atoms with Gasteiger partial charge in [0.1, 0.15) is 11.4 Å². The Balaban J connectivity index is 2.09. The lowest BCUT2D eigenvalue weighted by atomic mass is 10.3. The molecule has 0 aliphatic heterocycles. The fourth-order valence-corrected chi connectivity index (χ4v) is 1.96. The van der Waals surface area contributed by atoms with Crippen molar-refractivity contribution in [2.75, 3.05) is 17.7 Å². The molecule has 2 aromatic rings. The van der Waals surface area contributed by atoms with E-state index in [4.69, 9.17) is 10.5 Å². The first-order chi connectivity index (χ1) is 8.69. The van der Waals surface area contributed by atoms with E-state index in [1.54, 1.807) is 17.5 Å². The Bertz CT molecular complexity index is 554. The van der Waals surface area contributed by atoms with Gasteiger partial charge in [-0.25, -0.2) is 4.98 Å². The Kier molecular flexibility index (Phi) is 3.78. The molecule has 6 heteroatoms. The molecule has 1 amide bonds. The van der Waals surface area contributed by atoms with Gasteiger partial charge < -0.3 is 15.8 Å². The van der Waals surface area contributed by atoms with E-state index in [2.05, 4.69) is 10.3 Å². The number of amides is 1. The van der Waals surface area contributed by atoms with E-state index >= 15 is 0 Å². The number of benzene rings is 1. The van der Waals surface area contributed by atoms with Crippen LogP contribution in [0.1, 0.15) is 17.4 Å². The Morgan fingerprint density at radius 1 is 1.56 bits per heavy atom. The molecule has 0 unspecified atom stereocenters. The quantitative estimate of drug-likeness (QED) is 0.887. The highest BCUT2D eigenvalue weighted by Crippen LogP contribution is 2.18. The van der Waals surface area contributed by atoms with E-state index in [0.29, 0.717) is 28.9 Å². The van der Waals surface area contributed by atoms with Crippen LogP contribution in [0.3, 0.4) is 0 Å². The molecule has 0 saturated heterocycles. The van der Waals surface area contributed by atoms with Crippen LogP contribution in [0.5, 0.6) is 5.75 Å². The summed E-state index contributed by atoms with van der Waals surface area (Å²) in [6.07, 6.45) is 0. The molecule has 94 valence electrons. The number of nitrogen functional groups attached to an aromatic ring is 1. The SMILES string of the molecule is CCOc1cccc(NC(=O)c2csc(N)n2)c1. The summed E-state index contributed by atoms with van der Waals surface area (Å²) in [5.74, 6) is 0.435. The number of carbonyl (C=O) groups is 1. The third-order valence-electron chi connectivity index (χ3n) is 2.16. The highest BCUT2D eigenvalue weighted by atomic mass is 32.1. The number of rotatable bonds is 4. The molecule has 0 fully saturated rings. The maximum absolute atomic E-state index is 11.8. The fraction of sp³-hybridized carbons (Fsp3) is 0.167. The number of carbonyl (C=O) groups excluding carboxylic acids is 1. The van der Waals surface area contributed by atoms with Gasteiger partial charge in [-0.05, 0) is 19.1 Å². The average Bonchev–Trinajstić information content (AvgIpc) is 2.77. The number of hydrogen-bond acceptors (Lipinski definition) is 5. The maximum atomic E-state index is 11.8. The molecule has 1 aromatic carbocycles. The first-order valence-corrected chi connectivity index (χ1v) is 6.32. The van der Waals surface area contributed by atoms with Crippen molar-refractivity contribution in [3.8, 4) is 5.75 Å². The zero-order valence-corrected chi connectivity index (χ0v) is 10.7. The zero-order chi connectivity index (χ0) is 13.0. The summed E-state index contributed by atoms with van der Waals surface area (Å²) in [6, 6.07) is 7.20. The first-order valence-electron chi connectivity index (χ1n) is 5.44. The summed E-state index contributed by atoms with van der Waals surface area (Å²) in [4.78, 5) is 15.8. The van der Waals surface area contributed by atoms with E-state index in [9.17, 15) is 4.79 Å². The van der Waals surface area contributed by atoms with Crippen LogP contribution in [0.2, 0.25) is 0 Å². The van der Waals surface area contributed by atoms with Crippen molar-refractivity contribution in [2.24, 2.45) is 0 Å². The number of ether oxygens (including phenoxy) is 1. The van der Waals surface area contributed by atoms with Crippen molar-refractivity contribution < 1.29 is 9.53 Å². The molecule has 0 atom stereocenters. The molecule has 0 aliphatic carbocycles.